The van der Waals surface area contributed by atoms with Crippen molar-refractivity contribution in [3.63, 3.8) is 0 Å². The summed E-state index contributed by atoms with van der Waals surface area (Å²) in [5.41, 5.74) is 3.16. The number of amides is 2. The molecule has 0 radical (unpaired) electrons. The van der Waals surface area contributed by atoms with Gasteiger partial charge in [-0.1, -0.05) is 30.0 Å². The number of aromatic nitrogens is 4. The van der Waals surface area contributed by atoms with Crippen molar-refractivity contribution in [2.24, 2.45) is 0 Å². The molecule has 1 fully saturated rings. The summed E-state index contributed by atoms with van der Waals surface area (Å²) in [6, 6.07) is 17.1. The van der Waals surface area contributed by atoms with E-state index in [2.05, 4.69) is 20.4 Å². The minimum absolute atomic E-state index is 0.137. The zero-order valence-corrected chi connectivity index (χ0v) is 18.0. The molecule has 0 atom stereocenters. The van der Waals surface area contributed by atoms with Crippen LogP contribution in [0.15, 0.2) is 72.1 Å². The minimum Gasteiger partial charge on any atom is -0.325 e. The molecule has 160 valence electrons. The number of thioether (sulfide) groups is 1. The molecule has 2 aromatic carbocycles. The smallest absolute Gasteiger partial charge is 0.234 e. The third-order valence-corrected chi connectivity index (χ3v) is 6.21. The first-order valence-corrected chi connectivity index (χ1v) is 11.2. The van der Waals surface area contributed by atoms with Gasteiger partial charge < -0.3 is 10.2 Å². The molecular formula is C23H20N6O2S. The average Bonchev–Trinajstić information content (AvgIpc) is 3.45. The lowest BCUT2D eigenvalue weighted by atomic mass is 10.2. The highest BCUT2D eigenvalue weighted by atomic mass is 32.2. The van der Waals surface area contributed by atoms with Gasteiger partial charge in [-0.25, -0.2) is 14.6 Å². The molecule has 0 unspecified atom stereocenters. The van der Waals surface area contributed by atoms with Crippen LogP contribution < -0.4 is 10.2 Å². The van der Waals surface area contributed by atoms with Crippen LogP contribution in [0.3, 0.4) is 0 Å². The van der Waals surface area contributed by atoms with Gasteiger partial charge in [-0.15, -0.1) is 0 Å². The fourth-order valence-electron chi connectivity index (χ4n) is 3.67. The molecule has 1 aliphatic rings. The number of anilines is 2. The fourth-order valence-corrected chi connectivity index (χ4v) is 4.43. The highest BCUT2D eigenvalue weighted by molar-refractivity contribution is 8.00. The molecule has 0 aliphatic carbocycles. The van der Waals surface area contributed by atoms with Crippen LogP contribution in [0.1, 0.15) is 12.8 Å². The second-order valence-electron chi connectivity index (χ2n) is 7.34. The van der Waals surface area contributed by atoms with Crippen molar-refractivity contribution in [2.45, 2.75) is 17.9 Å². The molecule has 0 spiro atoms. The lowest BCUT2D eigenvalue weighted by molar-refractivity contribution is -0.117. The largest absolute Gasteiger partial charge is 0.325 e. The van der Waals surface area contributed by atoms with Crippen LogP contribution in [0, 0.1) is 0 Å². The maximum Gasteiger partial charge on any atom is 0.234 e. The molecule has 8 nitrogen and oxygen atoms in total. The second-order valence-corrected chi connectivity index (χ2v) is 8.30. The van der Waals surface area contributed by atoms with E-state index < -0.39 is 0 Å². The Hall–Kier alpha value is -3.72. The zero-order chi connectivity index (χ0) is 21.9. The third-order valence-electron chi connectivity index (χ3n) is 5.21. The summed E-state index contributed by atoms with van der Waals surface area (Å²) >= 11 is 1.34. The minimum atomic E-state index is -0.137. The predicted octanol–water partition coefficient (Wildman–Crippen LogP) is 3.67. The van der Waals surface area contributed by atoms with Gasteiger partial charge in [-0.2, -0.15) is 5.10 Å². The standard InChI is InChI=1S/C23H20N6O2S/c30-20(27-16-8-10-17(11-9-16)28-12-4-7-21(28)31)14-32-23-19-13-26-29(22(19)24-15-25-23)18-5-2-1-3-6-18/h1-3,5-6,8-11,13,15H,4,7,12,14H2,(H,27,30). The van der Waals surface area contributed by atoms with E-state index in [0.29, 0.717) is 22.8 Å². The van der Waals surface area contributed by atoms with Crippen LogP contribution in [-0.2, 0) is 9.59 Å². The quantitative estimate of drug-likeness (QED) is 0.360. The molecule has 1 aliphatic heterocycles. The van der Waals surface area contributed by atoms with Crippen LogP contribution >= 0.6 is 11.8 Å². The number of rotatable bonds is 6. The van der Waals surface area contributed by atoms with Crippen molar-refractivity contribution in [2.75, 3.05) is 22.5 Å². The molecule has 3 heterocycles. The molecule has 2 amide bonds. The number of hydrogen-bond donors (Lipinski definition) is 1. The Morgan fingerprint density at radius 1 is 1.03 bits per heavy atom. The van der Waals surface area contributed by atoms with E-state index in [0.717, 1.165) is 29.7 Å². The summed E-state index contributed by atoms with van der Waals surface area (Å²) in [4.78, 5) is 34.8. The van der Waals surface area contributed by atoms with E-state index >= 15 is 0 Å². The molecule has 4 aromatic rings. The number of nitrogens with one attached hydrogen (secondary N) is 1. The van der Waals surface area contributed by atoms with Crippen molar-refractivity contribution < 1.29 is 9.59 Å². The highest BCUT2D eigenvalue weighted by Gasteiger charge is 2.21. The monoisotopic (exact) mass is 444 g/mol. The number of benzene rings is 2. The Bertz CT molecular complexity index is 1270. The van der Waals surface area contributed by atoms with Gasteiger partial charge in [-0.3, -0.25) is 9.59 Å². The molecule has 1 N–H and O–H groups in total. The molecule has 5 rings (SSSR count). The Kier molecular flexibility index (Phi) is 5.55. The number of nitrogens with zero attached hydrogens (tertiary/aromatic N) is 5. The average molecular weight is 445 g/mol. The first-order valence-electron chi connectivity index (χ1n) is 10.3. The highest BCUT2D eigenvalue weighted by Crippen LogP contribution is 2.26. The lowest BCUT2D eigenvalue weighted by Crippen LogP contribution is -2.23. The first-order chi connectivity index (χ1) is 15.7. The second kappa shape index (κ2) is 8.80. The van der Waals surface area contributed by atoms with Gasteiger partial charge >= 0.3 is 0 Å². The fraction of sp³-hybridized carbons (Fsp3) is 0.174. The summed E-state index contributed by atoms with van der Waals surface area (Å²) in [5, 5.41) is 8.84. The molecule has 9 heteroatoms. The number of hydrogen-bond acceptors (Lipinski definition) is 6. The van der Waals surface area contributed by atoms with Gasteiger partial charge in [0.15, 0.2) is 5.65 Å². The lowest BCUT2D eigenvalue weighted by Gasteiger charge is -2.16. The molecular weight excluding hydrogens is 424 g/mol. The predicted molar refractivity (Wildman–Crippen MR) is 124 cm³/mol. The molecule has 2 aromatic heterocycles. The van der Waals surface area contributed by atoms with Crippen molar-refractivity contribution in [1.82, 2.24) is 19.7 Å². The third kappa shape index (κ3) is 4.06. The number of para-hydroxylation sites is 1. The van der Waals surface area contributed by atoms with Gasteiger partial charge in [0, 0.05) is 24.3 Å². The summed E-state index contributed by atoms with van der Waals surface area (Å²) in [7, 11) is 0. The van der Waals surface area contributed by atoms with E-state index in [-0.39, 0.29) is 17.6 Å². The SMILES string of the molecule is O=C(CSc1ncnc2c1cnn2-c1ccccc1)Nc1ccc(N2CCCC2=O)cc1. The number of carbonyl (C=O) groups excluding carboxylic acids is 2. The number of fused-ring (bicyclic) bond motifs is 1. The van der Waals surface area contributed by atoms with Crippen molar-refractivity contribution >= 4 is 46.0 Å². The van der Waals surface area contributed by atoms with Gasteiger partial charge in [0.1, 0.15) is 11.4 Å². The van der Waals surface area contributed by atoms with Crippen molar-refractivity contribution in [3.8, 4) is 5.69 Å². The van der Waals surface area contributed by atoms with Crippen molar-refractivity contribution in [3.05, 3.63) is 67.1 Å². The van der Waals surface area contributed by atoms with Crippen LogP contribution in [-0.4, -0.2) is 43.9 Å². The van der Waals surface area contributed by atoms with E-state index in [9.17, 15) is 9.59 Å². The summed E-state index contributed by atoms with van der Waals surface area (Å²) in [6.07, 6.45) is 4.69. The van der Waals surface area contributed by atoms with Crippen molar-refractivity contribution in [1.29, 1.82) is 0 Å². The Labute approximate surface area is 188 Å². The maximum absolute atomic E-state index is 12.5. The summed E-state index contributed by atoms with van der Waals surface area (Å²) in [6.45, 7) is 0.745. The summed E-state index contributed by atoms with van der Waals surface area (Å²) in [5.74, 6) is 0.210. The van der Waals surface area contributed by atoms with Gasteiger partial charge in [0.05, 0.1) is 23.0 Å². The van der Waals surface area contributed by atoms with E-state index in [1.807, 2.05) is 54.6 Å². The van der Waals surface area contributed by atoms with E-state index in [1.54, 1.807) is 15.8 Å². The Morgan fingerprint density at radius 3 is 2.59 bits per heavy atom. The van der Waals surface area contributed by atoms with Gasteiger partial charge in [0.25, 0.3) is 0 Å². The van der Waals surface area contributed by atoms with E-state index in [4.69, 9.17) is 0 Å². The molecule has 1 saturated heterocycles. The molecule has 0 saturated carbocycles. The summed E-state index contributed by atoms with van der Waals surface area (Å²) < 4.78 is 1.76. The maximum atomic E-state index is 12.5. The zero-order valence-electron chi connectivity index (χ0n) is 17.1. The van der Waals surface area contributed by atoms with Crippen LogP contribution in [0.2, 0.25) is 0 Å². The van der Waals surface area contributed by atoms with Gasteiger partial charge in [0.2, 0.25) is 11.8 Å². The van der Waals surface area contributed by atoms with Crippen LogP contribution in [0.5, 0.6) is 0 Å². The Balaban J connectivity index is 1.24. The number of carbonyl (C=O) groups is 2. The molecule has 0 bridgehead atoms. The van der Waals surface area contributed by atoms with E-state index in [1.165, 1.54) is 18.1 Å². The molecule has 32 heavy (non-hydrogen) atoms. The van der Waals surface area contributed by atoms with Crippen LogP contribution in [0.4, 0.5) is 11.4 Å². The normalized spacial score (nSPS) is 13.6. The van der Waals surface area contributed by atoms with Gasteiger partial charge in [-0.05, 0) is 42.8 Å². The topological polar surface area (TPSA) is 93.0 Å². The Morgan fingerprint density at radius 2 is 1.84 bits per heavy atom. The first kappa shape index (κ1) is 20.2. The van der Waals surface area contributed by atoms with Crippen LogP contribution in [0.25, 0.3) is 16.7 Å².